The van der Waals surface area contributed by atoms with E-state index in [1.807, 2.05) is 25.1 Å². The van der Waals surface area contributed by atoms with Crippen LogP contribution in [0.5, 0.6) is 11.5 Å². The number of rotatable bonds is 7. The molecular formula is C18H21F2NO2. The molecule has 2 aromatic rings. The van der Waals surface area contributed by atoms with Gasteiger partial charge in [-0.1, -0.05) is 18.2 Å². The Labute approximate surface area is 135 Å². The van der Waals surface area contributed by atoms with Crippen molar-refractivity contribution in [3.63, 3.8) is 0 Å². The first-order valence-corrected chi connectivity index (χ1v) is 7.54. The maximum Gasteiger partial charge on any atom is 0.163 e. The Morgan fingerprint density at radius 1 is 1.13 bits per heavy atom. The molecule has 124 valence electrons. The van der Waals surface area contributed by atoms with Crippen LogP contribution >= 0.6 is 0 Å². The second-order valence-corrected chi connectivity index (χ2v) is 5.19. The molecule has 0 heterocycles. The van der Waals surface area contributed by atoms with Crippen molar-refractivity contribution < 1.29 is 18.3 Å². The SMILES string of the molecule is CCOc1cccc(CC(CN)c2ccc(F)c(F)c2)c1OC. The minimum atomic E-state index is -0.865. The quantitative estimate of drug-likeness (QED) is 0.846. The van der Waals surface area contributed by atoms with E-state index in [0.29, 0.717) is 36.6 Å². The lowest BCUT2D eigenvalue weighted by atomic mass is 9.91. The van der Waals surface area contributed by atoms with Crippen LogP contribution < -0.4 is 15.2 Å². The molecule has 0 aliphatic heterocycles. The normalized spacial score (nSPS) is 12.0. The molecule has 2 aromatic carbocycles. The molecule has 0 aliphatic rings. The zero-order valence-electron chi connectivity index (χ0n) is 13.3. The molecule has 0 spiro atoms. The summed E-state index contributed by atoms with van der Waals surface area (Å²) >= 11 is 0. The number of hydrogen-bond acceptors (Lipinski definition) is 3. The van der Waals surface area contributed by atoms with Crippen molar-refractivity contribution in [3.8, 4) is 11.5 Å². The lowest BCUT2D eigenvalue weighted by molar-refractivity contribution is 0.309. The van der Waals surface area contributed by atoms with Gasteiger partial charge in [0, 0.05) is 5.92 Å². The number of ether oxygens (including phenoxy) is 2. The molecule has 23 heavy (non-hydrogen) atoms. The number of nitrogens with two attached hydrogens (primary N) is 1. The molecule has 0 saturated carbocycles. The van der Waals surface area contributed by atoms with E-state index in [1.165, 1.54) is 6.07 Å². The van der Waals surface area contributed by atoms with Crippen LogP contribution in [0.1, 0.15) is 24.0 Å². The maximum atomic E-state index is 13.5. The molecule has 0 aliphatic carbocycles. The van der Waals surface area contributed by atoms with Crippen molar-refractivity contribution in [3.05, 3.63) is 59.2 Å². The topological polar surface area (TPSA) is 44.5 Å². The van der Waals surface area contributed by atoms with E-state index in [2.05, 4.69) is 0 Å². The van der Waals surface area contributed by atoms with Gasteiger partial charge < -0.3 is 15.2 Å². The summed E-state index contributed by atoms with van der Waals surface area (Å²) in [6.07, 6.45) is 0.547. The van der Waals surface area contributed by atoms with E-state index in [0.717, 1.165) is 11.6 Å². The largest absolute Gasteiger partial charge is 0.493 e. The summed E-state index contributed by atoms with van der Waals surface area (Å²) in [4.78, 5) is 0. The van der Waals surface area contributed by atoms with Crippen LogP contribution in [0.2, 0.25) is 0 Å². The Balaban J connectivity index is 2.31. The number of para-hydroxylation sites is 1. The second kappa shape index (κ2) is 7.92. The summed E-state index contributed by atoms with van der Waals surface area (Å²) in [6, 6.07) is 9.52. The van der Waals surface area contributed by atoms with Crippen molar-refractivity contribution in [1.29, 1.82) is 0 Å². The van der Waals surface area contributed by atoms with E-state index in [4.69, 9.17) is 15.2 Å². The Morgan fingerprint density at radius 2 is 1.91 bits per heavy atom. The summed E-state index contributed by atoms with van der Waals surface area (Å²) in [6.45, 7) is 2.74. The monoisotopic (exact) mass is 321 g/mol. The number of halogens is 2. The van der Waals surface area contributed by atoms with Gasteiger partial charge >= 0.3 is 0 Å². The standard InChI is InChI=1S/C18H21F2NO2/c1-3-23-17-6-4-5-13(18(17)22-2)9-14(11-21)12-7-8-15(19)16(20)10-12/h4-8,10,14H,3,9,11,21H2,1-2H3. The van der Waals surface area contributed by atoms with Gasteiger partial charge in [-0.05, 0) is 49.2 Å². The summed E-state index contributed by atoms with van der Waals surface area (Å²) in [5.74, 6) is -0.559. The molecule has 0 aromatic heterocycles. The van der Waals surface area contributed by atoms with Gasteiger partial charge in [0.25, 0.3) is 0 Å². The van der Waals surface area contributed by atoms with Crippen LogP contribution in [0.3, 0.4) is 0 Å². The van der Waals surface area contributed by atoms with Crippen molar-refractivity contribution in [2.75, 3.05) is 20.3 Å². The fourth-order valence-corrected chi connectivity index (χ4v) is 2.59. The summed E-state index contributed by atoms with van der Waals surface area (Å²) < 4.78 is 37.6. The Morgan fingerprint density at radius 3 is 2.52 bits per heavy atom. The lowest BCUT2D eigenvalue weighted by Gasteiger charge is -2.19. The van der Waals surface area contributed by atoms with Crippen LogP contribution in [0.15, 0.2) is 36.4 Å². The highest BCUT2D eigenvalue weighted by Gasteiger charge is 2.17. The molecule has 0 saturated heterocycles. The molecule has 1 unspecified atom stereocenters. The zero-order chi connectivity index (χ0) is 16.8. The van der Waals surface area contributed by atoms with Crippen molar-refractivity contribution in [1.82, 2.24) is 0 Å². The van der Waals surface area contributed by atoms with E-state index in [9.17, 15) is 8.78 Å². The van der Waals surface area contributed by atoms with Crippen LogP contribution in [0.4, 0.5) is 8.78 Å². The first-order chi connectivity index (χ1) is 11.1. The van der Waals surface area contributed by atoms with Gasteiger partial charge in [0.1, 0.15) is 0 Å². The van der Waals surface area contributed by atoms with Gasteiger partial charge in [-0.25, -0.2) is 8.78 Å². The third-order valence-corrected chi connectivity index (χ3v) is 3.73. The molecule has 0 fully saturated rings. The molecule has 0 amide bonds. The van der Waals surface area contributed by atoms with Gasteiger partial charge in [0.15, 0.2) is 23.1 Å². The molecule has 1 atom stereocenters. The van der Waals surface area contributed by atoms with Gasteiger partial charge in [-0.2, -0.15) is 0 Å². The average Bonchev–Trinajstić information content (AvgIpc) is 2.55. The second-order valence-electron chi connectivity index (χ2n) is 5.19. The molecule has 2 rings (SSSR count). The van der Waals surface area contributed by atoms with Crippen molar-refractivity contribution in [2.24, 2.45) is 5.73 Å². The molecular weight excluding hydrogens is 300 g/mol. The van der Waals surface area contributed by atoms with Crippen molar-refractivity contribution >= 4 is 0 Å². The Bertz CT molecular complexity index is 661. The van der Waals surface area contributed by atoms with E-state index < -0.39 is 11.6 Å². The lowest BCUT2D eigenvalue weighted by Crippen LogP contribution is -2.16. The molecule has 5 heteroatoms. The third-order valence-electron chi connectivity index (χ3n) is 3.73. The highest BCUT2D eigenvalue weighted by Crippen LogP contribution is 2.34. The van der Waals surface area contributed by atoms with E-state index in [1.54, 1.807) is 13.2 Å². The smallest absolute Gasteiger partial charge is 0.163 e. The highest BCUT2D eigenvalue weighted by molar-refractivity contribution is 5.47. The number of methoxy groups -OCH3 is 1. The summed E-state index contributed by atoms with van der Waals surface area (Å²) in [5.41, 5.74) is 7.42. The van der Waals surface area contributed by atoms with E-state index in [-0.39, 0.29) is 5.92 Å². The fourth-order valence-electron chi connectivity index (χ4n) is 2.59. The number of benzene rings is 2. The van der Waals surface area contributed by atoms with Crippen LogP contribution in [-0.2, 0) is 6.42 Å². The summed E-state index contributed by atoms with van der Waals surface area (Å²) in [5, 5.41) is 0. The zero-order valence-corrected chi connectivity index (χ0v) is 13.3. The predicted octanol–water partition coefficient (Wildman–Crippen LogP) is 3.66. The highest BCUT2D eigenvalue weighted by atomic mass is 19.2. The maximum absolute atomic E-state index is 13.5. The molecule has 3 nitrogen and oxygen atoms in total. The van der Waals surface area contributed by atoms with Gasteiger partial charge in [-0.3, -0.25) is 0 Å². The van der Waals surface area contributed by atoms with Crippen LogP contribution in [0, 0.1) is 11.6 Å². The van der Waals surface area contributed by atoms with Gasteiger partial charge in [0.05, 0.1) is 13.7 Å². The van der Waals surface area contributed by atoms with Gasteiger partial charge in [-0.15, -0.1) is 0 Å². The van der Waals surface area contributed by atoms with Crippen LogP contribution in [-0.4, -0.2) is 20.3 Å². The third kappa shape index (κ3) is 3.99. The first-order valence-electron chi connectivity index (χ1n) is 7.54. The summed E-state index contributed by atoms with van der Waals surface area (Å²) in [7, 11) is 1.58. The molecule has 0 radical (unpaired) electrons. The average molecular weight is 321 g/mol. The predicted molar refractivity (Wildman–Crippen MR) is 86.0 cm³/mol. The fraction of sp³-hybridized carbons (Fsp3) is 0.333. The van der Waals surface area contributed by atoms with Gasteiger partial charge in [0.2, 0.25) is 0 Å². The molecule has 0 bridgehead atoms. The molecule has 2 N–H and O–H groups in total. The van der Waals surface area contributed by atoms with Crippen LogP contribution in [0.25, 0.3) is 0 Å². The Kier molecular flexibility index (Phi) is 5.93. The minimum absolute atomic E-state index is 0.143. The Hall–Kier alpha value is -2.14. The number of hydrogen-bond donors (Lipinski definition) is 1. The van der Waals surface area contributed by atoms with Crippen molar-refractivity contribution in [2.45, 2.75) is 19.3 Å². The minimum Gasteiger partial charge on any atom is -0.493 e. The van der Waals surface area contributed by atoms with E-state index >= 15 is 0 Å². The first kappa shape index (κ1) is 17.2.